The Labute approximate surface area is 172 Å². The molecular weight excluding hydrogens is 399 g/mol. The summed E-state index contributed by atoms with van der Waals surface area (Å²) in [6.07, 6.45) is 0. The molecule has 1 saturated heterocycles. The fourth-order valence-corrected chi connectivity index (χ4v) is 3.59. The summed E-state index contributed by atoms with van der Waals surface area (Å²) in [6, 6.07) is 14.7. The van der Waals surface area contributed by atoms with E-state index in [1.807, 2.05) is 30.3 Å². The standard InChI is InChI=1S/C19H18Cl2N6O/c20-14-6-7-17(21)16(12-14)19(28)26-10-8-25(9-11-26)13-18-22-23-24-27(18)15-4-2-1-3-5-15/h1-7,12H,8-11,13H2. The van der Waals surface area contributed by atoms with Crippen molar-refractivity contribution in [3.8, 4) is 5.69 Å². The highest BCUT2D eigenvalue weighted by Crippen LogP contribution is 2.23. The lowest BCUT2D eigenvalue weighted by atomic mass is 10.1. The van der Waals surface area contributed by atoms with Crippen LogP contribution in [-0.2, 0) is 6.54 Å². The fraction of sp³-hybridized carbons (Fsp3) is 0.263. The van der Waals surface area contributed by atoms with Crippen LogP contribution in [0.5, 0.6) is 0 Å². The molecule has 1 fully saturated rings. The second kappa shape index (κ2) is 8.26. The van der Waals surface area contributed by atoms with E-state index in [1.54, 1.807) is 27.8 Å². The van der Waals surface area contributed by atoms with Crippen molar-refractivity contribution in [2.75, 3.05) is 26.2 Å². The van der Waals surface area contributed by atoms with Gasteiger partial charge in [-0.05, 0) is 40.8 Å². The van der Waals surface area contributed by atoms with Crippen LogP contribution in [0, 0.1) is 0 Å². The largest absolute Gasteiger partial charge is 0.336 e. The molecule has 7 nitrogen and oxygen atoms in total. The first kappa shape index (κ1) is 18.9. The normalized spacial score (nSPS) is 15.0. The Bertz CT molecular complexity index is 970. The Balaban J connectivity index is 1.40. The van der Waals surface area contributed by atoms with Crippen LogP contribution in [0.2, 0.25) is 10.0 Å². The summed E-state index contributed by atoms with van der Waals surface area (Å²) in [4.78, 5) is 16.8. The zero-order valence-electron chi connectivity index (χ0n) is 15.0. The lowest BCUT2D eigenvalue weighted by Crippen LogP contribution is -2.48. The number of nitrogens with zero attached hydrogens (tertiary/aromatic N) is 6. The monoisotopic (exact) mass is 416 g/mol. The highest BCUT2D eigenvalue weighted by Gasteiger charge is 2.25. The third-order valence-corrected chi connectivity index (χ3v) is 5.28. The van der Waals surface area contributed by atoms with Crippen LogP contribution in [0.25, 0.3) is 5.69 Å². The summed E-state index contributed by atoms with van der Waals surface area (Å²) in [5.41, 5.74) is 1.36. The van der Waals surface area contributed by atoms with Gasteiger partial charge in [-0.2, -0.15) is 4.68 Å². The smallest absolute Gasteiger partial charge is 0.255 e. The van der Waals surface area contributed by atoms with Crippen molar-refractivity contribution in [2.45, 2.75) is 6.54 Å². The van der Waals surface area contributed by atoms with Gasteiger partial charge in [-0.3, -0.25) is 9.69 Å². The first-order chi connectivity index (χ1) is 13.6. The van der Waals surface area contributed by atoms with E-state index in [0.29, 0.717) is 35.2 Å². The van der Waals surface area contributed by atoms with Gasteiger partial charge in [-0.15, -0.1) is 5.10 Å². The minimum atomic E-state index is -0.0960. The van der Waals surface area contributed by atoms with Crippen molar-refractivity contribution in [3.05, 3.63) is 70.0 Å². The molecule has 1 aliphatic heterocycles. The van der Waals surface area contributed by atoms with E-state index in [1.165, 1.54) is 0 Å². The predicted molar refractivity (Wildman–Crippen MR) is 107 cm³/mol. The summed E-state index contributed by atoms with van der Waals surface area (Å²) in [5.74, 6) is 0.671. The Morgan fingerprint density at radius 1 is 1.00 bits per heavy atom. The number of piperazine rings is 1. The van der Waals surface area contributed by atoms with Crippen molar-refractivity contribution in [2.24, 2.45) is 0 Å². The summed E-state index contributed by atoms with van der Waals surface area (Å²) in [6.45, 7) is 3.28. The molecule has 3 aromatic rings. The second-order valence-electron chi connectivity index (χ2n) is 6.53. The van der Waals surface area contributed by atoms with E-state index < -0.39 is 0 Å². The molecule has 0 saturated carbocycles. The molecule has 0 atom stereocenters. The Morgan fingerprint density at radius 2 is 1.75 bits per heavy atom. The predicted octanol–water partition coefficient (Wildman–Crippen LogP) is 2.93. The van der Waals surface area contributed by atoms with Gasteiger partial charge in [0.1, 0.15) is 0 Å². The summed E-state index contributed by atoms with van der Waals surface area (Å²) in [5, 5.41) is 13.0. The molecule has 144 valence electrons. The molecule has 2 aromatic carbocycles. The van der Waals surface area contributed by atoms with Crippen molar-refractivity contribution in [3.63, 3.8) is 0 Å². The van der Waals surface area contributed by atoms with E-state index >= 15 is 0 Å². The van der Waals surface area contributed by atoms with Crippen LogP contribution in [0.3, 0.4) is 0 Å². The van der Waals surface area contributed by atoms with Gasteiger partial charge in [0.2, 0.25) is 0 Å². The molecule has 0 radical (unpaired) electrons. The quantitative estimate of drug-likeness (QED) is 0.653. The topological polar surface area (TPSA) is 67.2 Å². The molecule has 4 rings (SSSR count). The van der Waals surface area contributed by atoms with Gasteiger partial charge in [-0.1, -0.05) is 41.4 Å². The van der Waals surface area contributed by atoms with Crippen molar-refractivity contribution < 1.29 is 4.79 Å². The lowest BCUT2D eigenvalue weighted by molar-refractivity contribution is 0.0624. The SMILES string of the molecule is O=C(c1cc(Cl)ccc1Cl)N1CCN(Cc2nnnn2-c2ccccc2)CC1. The molecule has 9 heteroatoms. The zero-order chi connectivity index (χ0) is 19.5. The van der Waals surface area contributed by atoms with Gasteiger partial charge < -0.3 is 4.90 Å². The number of rotatable bonds is 4. The van der Waals surface area contributed by atoms with Crippen LogP contribution in [0.15, 0.2) is 48.5 Å². The third-order valence-electron chi connectivity index (χ3n) is 4.72. The maximum Gasteiger partial charge on any atom is 0.255 e. The van der Waals surface area contributed by atoms with E-state index in [-0.39, 0.29) is 5.91 Å². The lowest BCUT2D eigenvalue weighted by Gasteiger charge is -2.34. The van der Waals surface area contributed by atoms with E-state index in [4.69, 9.17) is 23.2 Å². The van der Waals surface area contributed by atoms with Crippen LogP contribution in [-0.4, -0.2) is 62.1 Å². The summed E-state index contributed by atoms with van der Waals surface area (Å²) >= 11 is 12.2. The molecule has 28 heavy (non-hydrogen) atoms. The van der Waals surface area contributed by atoms with Gasteiger partial charge in [0.15, 0.2) is 5.82 Å². The fourth-order valence-electron chi connectivity index (χ4n) is 3.21. The van der Waals surface area contributed by atoms with Gasteiger partial charge in [-0.25, -0.2) is 0 Å². The highest BCUT2D eigenvalue weighted by atomic mass is 35.5. The number of halogens is 2. The Hall–Kier alpha value is -2.48. The molecule has 0 spiro atoms. The van der Waals surface area contributed by atoms with Gasteiger partial charge in [0, 0.05) is 31.2 Å². The van der Waals surface area contributed by atoms with Crippen molar-refractivity contribution in [1.82, 2.24) is 30.0 Å². The molecule has 0 unspecified atom stereocenters. The van der Waals surface area contributed by atoms with Crippen LogP contribution < -0.4 is 0 Å². The molecule has 1 aromatic heterocycles. The van der Waals surface area contributed by atoms with Gasteiger partial charge in [0.25, 0.3) is 5.91 Å². The first-order valence-corrected chi connectivity index (χ1v) is 9.67. The molecule has 1 amide bonds. The average molecular weight is 417 g/mol. The molecule has 2 heterocycles. The average Bonchev–Trinajstić information content (AvgIpc) is 3.18. The van der Waals surface area contributed by atoms with Crippen molar-refractivity contribution in [1.29, 1.82) is 0 Å². The number of carbonyl (C=O) groups is 1. The zero-order valence-corrected chi connectivity index (χ0v) is 16.5. The number of amides is 1. The van der Waals surface area contributed by atoms with Crippen molar-refractivity contribution >= 4 is 29.1 Å². The number of hydrogen-bond donors (Lipinski definition) is 0. The third kappa shape index (κ3) is 4.01. The number of aromatic nitrogens is 4. The van der Waals surface area contributed by atoms with Gasteiger partial charge in [0.05, 0.1) is 22.8 Å². The van der Waals surface area contributed by atoms with E-state index in [0.717, 1.165) is 24.6 Å². The summed E-state index contributed by atoms with van der Waals surface area (Å²) in [7, 11) is 0. The Morgan fingerprint density at radius 3 is 2.50 bits per heavy atom. The Kier molecular flexibility index (Phi) is 5.57. The minimum absolute atomic E-state index is 0.0960. The van der Waals surface area contributed by atoms with Crippen LogP contribution in [0.4, 0.5) is 0 Å². The number of para-hydroxylation sites is 1. The number of benzene rings is 2. The maximum atomic E-state index is 12.8. The minimum Gasteiger partial charge on any atom is -0.336 e. The van der Waals surface area contributed by atoms with E-state index in [2.05, 4.69) is 20.4 Å². The van der Waals surface area contributed by atoms with E-state index in [9.17, 15) is 4.79 Å². The molecule has 1 aliphatic rings. The first-order valence-electron chi connectivity index (χ1n) is 8.91. The molecule has 0 aliphatic carbocycles. The van der Waals surface area contributed by atoms with Crippen LogP contribution >= 0.6 is 23.2 Å². The van der Waals surface area contributed by atoms with Gasteiger partial charge >= 0.3 is 0 Å². The molecular formula is C19H18Cl2N6O. The highest BCUT2D eigenvalue weighted by molar-refractivity contribution is 6.35. The molecule has 0 N–H and O–H groups in total. The number of hydrogen-bond acceptors (Lipinski definition) is 5. The number of tetrazole rings is 1. The van der Waals surface area contributed by atoms with Crippen LogP contribution in [0.1, 0.15) is 16.2 Å². The summed E-state index contributed by atoms with van der Waals surface area (Å²) < 4.78 is 1.74. The second-order valence-corrected chi connectivity index (χ2v) is 7.38. The molecule has 0 bridgehead atoms. The number of carbonyl (C=O) groups excluding carboxylic acids is 1. The maximum absolute atomic E-state index is 12.8.